The number of hydrogen-bond acceptors (Lipinski definition) is 3. The second-order valence-electron chi connectivity index (χ2n) is 5.03. The molecule has 0 aliphatic rings. The maximum Gasteiger partial charge on any atom is 0.259 e. The number of halogens is 1. The van der Waals surface area contributed by atoms with Crippen LogP contribution in [0.4, 0.5) is 5.69 Å². The number of amides is 1. The lowest BCUT2D eigenvalue weighted by molar-refractivity contribution is 0.102. The average molecular weight is 334 g/mol. The van der Waals surface area contributed by atoms with Crippen LogP contribution in [0.2, 0.25) is 5.02 Å². The van der Waals surface area contributed by atoms with Crippen molar-refractivity contribution < 1.29 is 14.3 Å². The van der Waals surface area contributed by atoms with Crippen LogP contribution in [-0.4, -0.2) is 19.6 Å². The summed E-state index contributed by atoms with van der Waals surface area (Å²) in [5, 5.41) is 3.33. The highest BCUT2D eigenvalue weighted by atomic mass is 35.5. The SMILES string of the molecule is CCCCOc1ccc(Cl)cc1C(=O)Nc1ccc(OC)cc1. The standard InChI is InChI=1S/C18H20ClNO3/c1-3-4-11-23-17-10-5-13(19)12-16(17)18(21)20-14-6-8-15(22-2)9-7-14/h5-10,12H,3-4,11H2,1-2H3,(H,20,21). The van der Waals surface area contributed by atoms with E-state index in [9.17, 15) is 4.79 Å². The molecule has 1 N–H and O–H groups in total. The van der Waals surface area contributed by atoms with E-state index >= 15 is 0 Å². The first-order valence-corrected chi connectivity index (χ1v) is 7.89. The van der Waals surface area contributed by atoms with E-state index in [4.69, 9.17) is 21.1 Å². The van der Waals surface area contributed by atoms with Crippen LogP contribution in [0.5, 0.6) is 11.5 Å². The first-order chi connectivity index (χ1) is 11.1. The number of carbonyl (C=O) groups excluding carboxylic acids is 1. The minimum absolute atomic E-state index is 0.260. The monoisotopic (exact) mass is 333 g/mol. The number of unbranched alkanes of at least 4 members (excludes halogenated alkanes) is 1. The van der Waals surface area contributed by atoms with E-state index in [1.54, 1.807) is 49.6 Å². The van der Waals surface area contributed by atoms with Crippen molar-refractivity contribution in [2.24, 2.45) is 0 Å². The molecule has 0 radical (unpaired) electrons. The van der Waals surface area contributed by atoms with Crippen LogP contribution in [0, 0.1) is 0 Å². The Morgan fingerprint density at radius 2 is 1.91 bits per heavy atom. The molecule has 0 atom stereocenters. The summed E-state index contributed by atoms with van der Waals surface area (Å²) >= 11 is 6.01. The molecule has 0 bridgehead atoms. The van der Waals surface area contributed by atoms with Gasteiger partial charge in [0.15, 0.2) is 0 Å². The number of methoxy groups -OCH3 is 1. The Labute approximate surface area is 141 Å². The number of anilines is 1. The van der Waals surface area contributed by atoms with Gasteiger partial charge in [0.1, 0.15) is 11.5 Å². The van der Waals surface area contributed by atoms with Gasteiger partial charge in [-0.2, -0.15) is 0 Å². The van der Waals surface area contributed by atoms with Crippen LogP contribution in [0.3, 0.4) is 0 Å². The molecule has 4 nitrogen and oxygen atoms in total. The number of carbonyl (C=O) groups is 1. The highest BCUT2D eigenvalue weighted by molar-refractivity contribution is 6.31. The maximum atomic E-state index is 12.5. The number of hydrogen-bond donors (Lipinski definition) is 1. The van der Waals surface area contributed by atoms with Gasteiger partial charge < -0.3 is 14.8 Å². The van der Waals surface area contributed by atoms with Crippen LogP contribution < -0.4 is 14.8 Å². The molecule has 0 fully saturated rings. The largest absolute Gasteiger partial charge is 0.497 e. The summed E-state index contributed by atoms with van der Waals surface area (Å²) in [5.74, 6) is 1.01. The third-order valence-electron chi connectivity index (χ3n) is 3.29. The zero-order chi connectivity index (χ0) is 16.7. The van der Waals surface area contributed by atoms with Crippen molar-refractivity contribution in [3.63, 3.8) is 0 Å². The quantitative estimate of drug-likeness (QED) is 0.742. The molecule has 0 unspecified atom stereocenters. The van der Waals surface area contributed by atoms with Crippen molar-refractivity contribution >= 4 is 23.2 Å². The second-order valence-corrected chi connectivity index (χ2v) is 5.46. The van der Waals surface area contributed by atoms with Crippen LogP contribution >= 0.6 is 11.6 Å². The van der Waals surface area contributed by atoms with E-state index in [0.29, 0.717) is 28.6 Å². The molecule has 2 rings (SSSR count). The summed E-state index contributed by atoms with van der Waals surface area (Å²) in [6, 6.07) is 12.2. The number of rotatable bonds is 7. The Morgan fingerprint density at radius 3 is 2.57 bits per heavy atom. The second kappa shape index (κ2) is 8.44. The topological polar surface area (TPSA) is 47.6 Å². The minimum atomic E-state index is -0.260. The van der Waals surface area contributed by atoms with Gasteiger partial charge in [-0.25, -0.2) is 0 Å². The Morgan fingerprint density at radius 1 is 1.17 bits per heavy atom. The normalized spacial score (nSPS) is 10.2. The molecule has 0 saturated carbocycles. The zero-order valence-corrected chi connectivity index (χ0v) is 14.0. The van der Waals surface area contributed by atoms with E-state index in [1.807, 2.05) is 0 Å². The molecule has 0 heterocycles. The predicted octanol–water partition coefficient (Wildman–Crippen LogP) is 4.78. The van der Waals surface area contributed by atoms with Crippen LogP contribution in [-0.2, 0) is 0 Å². The van der Waals surface area contributed by atoms with Gasteiger partial charge in [0.25, 0.3) is 5.91 Å². The molecule has 2 aromatic rings. The highest BCUT2D eigenvalue weighted by Crippen LogP contribution is 2.25. The molecule has 0 spiro atoms. The Kier molecular flexibility index (Phi) is 6.29. The van der Waals surface area contributed by atoms with E-state index in [0.717, 1.165) is 18.6 Å². The summed E-state index contributed by atoms with van der Waals surface area (Å²) in [6.45, 7) is 2.66. The van der Waals surface area contributed by atoms with Gasteiger partial charge >= 0.3 is 0 Å². The Balaban J connectivity index is 2.14. The molecular formula is C18H20ClNO3. The van der Waals surface area contributed by atoms with Gasteiger partial charge in [-0.05, 0) is 48.9 Å². The van der Waals surface area contributed by atoms with E-state index < -0.39 is 0 Å². The van der Waals surface area contributed by atoms with Crippen LogP contribution in [0.25, 0.3) is 0 Å². The van der Waals surface area contributed by atoms with Crippen molar-refractivity contribution in [3.05, 3.63) is 53.1 Å². The summed E-state index contributed by atoms with van der Waals surface area (Å²) in [6.07, 6.45) is 1.96. The average Bonchev–Trinajstić information content (AvgIpc) is 2.57. The van der Waals surface area contributed by atoms with E-state index in [1.165, 1.54) is 0 Å². The number of nitrogens with one attached hydrogen (secondary N) is 1. The maximum absolute atomic E-state index is 12.5. The minimum Gasteiger partial charge on any atom is -0.497 e. The molecule has 0 aromatic heterocycles. The zero-order valence-electron chi connectivity index (χ0n) is 13.3. The first kappa shape index (κ1) is 17.2. The van der Waals surface area contributed by atoms with Gasteiger partial charge in [-0.15, -0.1) is 0 Å². The molecule has 0 aliphatic heterocycles. The lowest BCUT2D eigenvalue weighted by atomic mass is 10.1. The predicted molar refractivity (Wildman–Crippen MR) is 92.8 cm³/mol. The summed E-state index contributed by atoms with van der Waals surface area (Å²) in [4.78, 5) is 12.5. The fraction of sp³-hybridized carbons (Fsp3) is 0.278. The van der Waals surface area contributed by atoms with Crippen LogP contribution in [0.1, 0.15) is 30.1 Å². The smallest absolute Gasteiger partial charge is 0.259 e. The lowest BCUT2D eigenvalue weighted by Crippen LogP contribution is -2.14. The molecule has 1 amide bonds. The molecule has 122 valence electrons. The molecule has 0 saturated heterocycles. The fourth-order valence-corrected chi connectivity index (χ4v) is 2.18. The molecule has 2 aromatic carbocycles. The third kappa shape index (κ3) is 4.89. The summed E-state index contributed by atoms with van der Waals surface area (Å²) in [7, 11) is 1.60. The Bertz CT molecular complexity index is 656. The molecule has 0 aliphatic carbocycles. The van der Waals surface area contributed by atoms with Gasteiger partial charge in [0, 0.05) is 10.7 Å². The molecular weight excluding hydrogens is 314 g/mol. The Hall–Kier alpha value is -2.20. The van der Waals surface area contributed by atoms with E-state index in [2.05, 4.69) is 12.2 Å². The van der Waals surface area contributed by atoms with Gasteiger partial charge in [0.2, 0.25) is 0 Å². The summed E-state index contributed by atoms with van der Waals surface area (Å²) < 4.78 is 10.8. The van der Waals surface area contributed by atoms with E-state index in [-0.39, 0.29) is 5.91 Å². The number of benzene rings is 2. The lowest BCUT2D eigenvalue weighted by Gasteiger charge is -2.12. The number of ether oxygens (including phenoxy) is 2. The first-order valence-electron chi connectivity index (χ1n) is 7.51. The van der Waals surface area contributed by atoms with Crippen molar-refractivity contribution in [1.82, 2.24) is 0 Å². The van der Waals surface area contributed by atoms with Gasteiger partial charge in [0.05, 0.1) is 19.3 Å². The van der Waals surface area contributed by atoms with Crippen LogP contribution in [0.15, 0.2) is 42.5 Å². The highest BCUT2D eigenvalue weighted by Gasteiger charge is 2.14. The van der Waals surface area contributed by atoms with Crippen molar-refractivity contribution in [3.8, 4) is 11.5 Å². The van der Waals surface area contributed by atoms with Crippen molar-refractivity contribution in [2.75, 3.05) is 19.0 Å². The van der Waals surface area contributed by atoms with Gasteiger partial charge in [-0.1, -0.05) is 24.9 Å². The fourth-order valence-electron chi connectivity index (χ4n) is 2.00. The molecule has 5 heteroatoms. The van der Waals surface area contributed by atoms with Crippen molar-refractivity contribution in [2.45, 2.75) is 19.8 Å². The van der Waals surface area contributed by atoms with Gasteiger partial charge in [-0.3, -0.25) is 4.79 Å². The molecule has 23 heavy (non-hydrogen) atoms. The summed E-state index contributed by atoms with van der Waals surface area (Å²) in [5.41, 5.74) is 1.10. The third-order valence-corrected chi connectivity index (χ3v) is 3.52. The van der Waals surface area contributed by atoms with Crippen molar-refractivity contribution in [1.29, 1.82) is 0 Å².